The molecule has 5 heteroatoms. The topological polar surface area (TPSA) is 68.4 Å². The molecule has 5 nitrogen and oxygen atoms in total. The van der Waals surface area contributed by atoms with Crippen molar-refractivity contribution in [3.63, 3.8) is 0 Å². The van der Waals surface area contributed by atoms with Crippen LogP contribution in [0, 0.1) is 0 Å². The van der Waals surface area contributed by atoms with E-state index in [0.29, 0.717) is 16.9 Å². The predicted octanol–water partition coefficient (Wildman–Crippen LogP) is 3.61. The average molecular weight is 323 g/mol. The van der Waals surface area contributed by atoms with Gasteiger partial charge in [-0.2, -0.15) is 0 Å². The van der Waals surface area contributed by atoms with Crippen LogP contribution in [0.1, 0.15) is 27.6 Å². The second kappa shape index (κ2) is 7.00. The van der Waals surface area contributed by atoms with Gasteiger partial charge in [0.25, 0.3) is 0 Å². The van der Waals surface area contributed by atoms with E-state index in [-0.39, 0.29) is 19.0 Å². The van der Waals surface area contributed by atoms with Gasteiger partial charge in [0.1, 0.15) is 19.0 Å². The lowest BCUT2D eigenvalue weighted by molar-refractivity contribution is 0.0451. The molecule has 0 unspecified atom stereocenters. The fourth-order valence-corrected chi connectivity index (χ4v) is 2.49. The molecule has 0 atom stereocenters. The molecule has 2 aromatic carbocycles. The van der Waals surface area contributed by atoms with Crippen molar-refractivity contribution in [1.82, 2.24) is 4.98 Å². The minimum Gasteiger partial charge on any atom is -0.489 e. The highest BCUT2D eigenvalue weighted by atomic mass is 16.6. The zero-order valence-electron chi connectivity index (χ0n) is 13.2. The molecule has 0 fully saturated rings. The molecule has 0 saturated heterocycles. The molecule has 0 bridgehead atoms. The first kappa shape index (κ1) is 15.8. The van der Waals surface area contributed by atoms with E-state index >= 15 is 0 Å². The van der Waals surface area contributed by atoms with Crippen LogP contribution in [0.2, 0.25) is 0 Å². The number of para-hydroxylation sites is 2. The fraction of sp³-hybridized carbons (Fsp3) is 0.158. The smallest absolute Gasteiger partial charge is 0.340 e. The summed E-state index contributed by atoms with van der Waals surface area (Å²) < 4.78 is 10.8. The number of ketones is 1. The summed E-state index contributed by atoms with van der Waals surface area (Å²) in [6, 6.07) is 14.5. The number of hydrogen-bond donors (Lipinski definition) is 1. The Labute approximate surface area is 139 Å². The molecular weight excluding hydrogens is 306 g/mol. The van der Waals surface area contributed by atoms with Gasteiger partial charge in [-0.1, -0.05) is 30.3 Å². The second-order valence-corrected chi connectivity index (χ2v) is 5.28. The SMILES string of the molecule is CC(=O)c1ccccc1OCCOC(=O)c1c[nH]c2ccccc12. The van der Waals surface area contributed by atoms with Gasteiger partial charge in [-0.15, -0.1) is 0 Å². The van der Waals surface area contributed by atoms with E-state index in [0.717, 1.165) is 10.9 Å². The van der Waals surface area contributed by atoms with E-state index in [4.69, 9.17) is 9.47 Å². The molecule has 0 aliphatic heterocycles. The van der Waals surface area contributed by atoms with Gasteiger partial charge in [0.05, 0.1) is 11.1 Å². The van der Waals surface area contributed by atoms with Crippen LogP contribution < -0.4 is 4.74 Å². The van der Waals surface area contributed by atoms with E-state index in [1.54, 1.807) is 30.5 Å². The Hall–Kier alpha value is -3.08. The van der Waals surface area contributed by atoms with E-state index in [2.05, 4.69) is 4.98 Å². The van der Waals surface area contributed by atoms with Gasteiger partial charge in [-0.25, -0.2) is 4.79 Å². The minimum absolute atomic E-state index is 0.0682. The Morgan fingerprint density at radius 2 is 1.71 bits per heavy atom. The number of rotatable bonds is 6. The van der Waals surface area contributed by atoms with Gasteiger partial charge in [0.15, 0.2) is 5.78 Å². The number of carbonyl (C=O) groups excluding carboxylic acids is 2. The van der Waals surface area contributed by atoms with Gasteiger partial charge >= 0.3 is 5.97 Å². The number of H-pyrrole nitrogens is 1. The summed E-state index contributed by atoms with van der Waals surface area (Å²) in [7, 11) is 0. The molecule has 0 aliphatic carbocycles. The molecule has 0 amide bonds. The molecular formula is C19H17NO4. The molecule has 0 spiro atoms. The van der Waals surface area contributed by atoms with Crippen molar-refractivity contribution >= 4 is 22.7 Å². The van der Waals surface area contributed by atoms with Crippen LogP contribution in [0.15, 0.2) is 54.7 Å². The van der Waals surface area contributed by atoms with E-state index in [1.807, 2.05) is 24.3 Å². The predicted molar refractivity (Wildman–Crippen MR) is 90.5 cm³/mol. The largest absolute Gasteiger partial charge is 0.489 e. The monoisotopic (exact) mass is 323 g/mol. The third-order valence-corrected chi connectivity index (χ3v) is 3.65. The number of Topliss-reactive ketones (excluding diaryl/α,β-unsaturated/α-hetero) is 1. The maximum absolute atomic E-state index is 12.2. The number of aromatic amines is 1. The number of ether oxygens (including phenoxy) is 2. The molecule has 1 aromatic heterocycles. The number of carbonyl (C=O) groups is 2. The van der Waals surface area contributed by atoms with E-state index in [9.17, 15) is 9.59 Å². The van der Waals surface area contributed by atoms with Crippen molar-refractivity contribution < 1.29 is 19.1 Å². The zero-order valence-corrected chi connectivity index (χ0v) is 13.2. The fourth-order valence-electron chi connectivity index (χ4n) is 2.49. The highest BCUT2D eigenvalue weighted by Gasteiger charge is 2.13. The highest BCUT2D eigenvalue weighted by molar-refractivity contribution is 6.04. The first-order chi connectivity index (χ1) is 11.7. The van der Waals surface area contributed by atoms with Gasteiger partial charge in [-0.05, 0) is 25.1 Å². The van der Waals surface area contributed by atoms with Gasteiger partial charge in [0, 0.05) is 17.1 Å². The third kappa shape index (κ3) is 3.30. The summed E-state index contributed by atoms with van der Waals surface area (Å²) in [5, 5.41) is 0.824. The van der Waals surface area contributed by atoms with Crippen molar-refractivity contribution in [3.8, 4) is 5.75 Å². The number of fused-ring (bicyclic) bond motifs is 1. The van der Waals surface area contributed by atoms with Crippen molar-refractivity contribution in [1.29, 1.82) is 0 Å². The van der Waals surface area contributed by atoms with Crippen LogP contribution in [0.5, 0.6) is 5.75 Å². The quantitative estimate of drug-likeness (QED) is 0.427. The lowest BCUT2D eigenvalue weighted by Crippen LogP contribution is -2.13. The molecule has 0 radical (unpaired) electrons. The lowest BCUT2D eigenvalue weighted by atomic mass is 10.1. The molecule has 0 aliphatic rings. The van der Waals surface area contributed by atoms with Crippen LogP contribution >= 0.6 is 0 Å². The molecule has 3 aromatic rings. The number of esters is 1. The summed E-state index contributed by atoms with van der Waals surface area (Å²) in [5.74, 6) is 0.0189. The first-order valence-electron chi connectivity index (χ1n) is 7.63. The standard InChI is InChI=1S/C19H17NO4/c1-13(21)14-6-3-5-9-18(14)23-10-11-24-19(22)16-12-20-17-8-4-2-7-15(16)17/h2-9,12,20H,10-11H2,1H3. The Bertz CT molecular complexity index is 882. The number of hydrogen-bond acceptors (Lipinski definition) is 4. The van der Waals surface area contributed by atoms with Crippen molar-refractivity contribution in [3.05, 3.63) is 65.9 Å². The normalized spacial score (nSPS) is 10.5. The molecule has 122 valence electrons. The molecule has 24 heavy (non-hydrogen) atoms. The Morgan fingerprint density at radius 1 is 0.958 bits per heavy atom. The van der Waals surface area contributed by atoms with Crippen molar-refractivity contribution in [2.45, 2.75) is 6.92 Å². The Balaban J connectivity index is 1.57. The molecule has 3 rings (SSSR count). The Kier molecular flexibility index (Phi) is 4.61. The average Bonchev–Trinajstić information content (AvgIpc) is 3.03. The maximum atomic E-state index is 12.2. The highest BCUT2D eigenvalue weighted by Crippen LogP contribution is 2.19. The third-order valence-electron chi connectivity index (χ3n) is 3.65. The van der Waals surface area contributed by atoms with Crippen LogP contribution in [0.3, 0.4) is 0 Å². The summed E-state index contributed by atoms with van der Waals surface area (Å²) >= 11 is 0. The Morgan fingerprint density at radius 3 is 2.54 bits per heavy atom. The van der Waals surface area contributed by atoms with Crippen LogP contribution in [-0.4, -0.2) is 30.0 Å². The van der Waals surface area contributed by atoms with Crippen LogP contribution in [0.25, 0.3) is 10.9 Å². The van der Waals surface area contributed by atoms with Crippen molar-refractivity contribution in [2.75, 3.05) is 13.2 Å². The summed E-state index contributed by atoms with van der Waals surface area (Å²) in [5.41, 5.74) is 1.89. The molecule has 1 heterocycles. The number of nitrogens with one attached hydrogen (secondary N) is 1. The van der Waals surface area contributed by atoms with Gasteiger partial charge in [-0.3, -0.25) is 4.79 Å². The van der Waals surface area contributed by atoms with Crippen LogP contribution in [-0.2, 0) is 4.74 Å². The maximum Gasteiger partial charge on any atom is 0.340 e. The van der Waals surface area contributed by atoms with Gasteiger partial charge < -0.3 is 14.5 Å². The second-order valence-electron chi connectivity index (χ2n) is 5.28. The van der Waals surface area contributed by atoms with Crippen molar-refractivity contribution in [2.24, 2.45) is 0 Å². The summed E-state index contributed by atoms with van der Waals surface area (Å²) in [6.07, 6.45) is 1.64. The summed E-state index contributed by atoms with van der Waals surface area (Å²) in [4.78, 5) is 26.7. The lowest BCUT2D eigenvalue weighted by Gasteiger charge is -2.09. The zero-order chi connectivity index (χ0) is 16.9. The number of benzene rings is 2. The summed E-state index contributed by atoms with van der Waals surface area (Å²) in [6.45, 7) is 1.77. The number of aromatic nitrogens is 1. The molecule has 1 N–H and O–H groups in total. The minimum atomic E-state index is -0.407. The molecule has 0 saturated carbocycles. The van der Waals surface area contributed by atoms with Crippen LogP contribution in [0.4, 0.5) is 0 Å². The van der Waals surface area contributed by atoms with E-state index in [1.165, 1.54) is 6.92 Å². The first-order valence-corrected chi connectivity index (χ1v) is 7.63. The van der Waals surface area contributed by atoms with Gasteiger partial charge in [0.2, 0.25) is 0 Å². The van der Waals surface area contributed by atoms with E-state index < -0.39 is 5.97 Å².